The van der Waals surface area contributed by atoms with E-state index in [0.29, 0.717) is 0 Å². The van der Waals surface area contributed by atoms with Gasteiger partial charge in [-0.1, -0.05) is 44.2 Å². The molecule has 0 spiro atoms. The monoisotopic (exact) mass is 276 g/mol. The Kier molecular flexibility index (Phi) is 3.13. The number of hydrogen-bond donors (Lipinski definition) is 5. The van der Waals surface area contributed by atoms with Crippen LogP contribution in [0.4, 0.5) is 0 Å². The molecule has 0 bridgehead atoms. The second kappa shape index (κ2) is 4.52. The van der Waals surface area contributed by atoms with Crippen molar-refractivity contribution >= 4 is 0 Å². The number of phenolic OH excluding ortho intramolecular Hbond substituents is 5. The van der Waals surface area contributed by atoms with Gasteiger partial charge in [-0.25, -0.2) is 0 Å². The Bertz CT molecular complexity index is 618. The molecule has 0 heterocycles. The fourth-order valence-corrected chi connectivity index (χ4v) is 2.28. The van der Waals surface area contributed by atoms with Crippen molar-refractivity contribution in [3.8, 4) is 28.7 Å². The zero-order valence-electron chi connectivity index (χ0n) is 11.1. The number of hydrogen-bond acceptors (Lipinski definition) is 5. The van der Waals surface area contributed by atoms with E-state index in [1.54, 1.807) is 38.1 Å². The van der Waals surface area contributed by atoms with Crippen LogP contribution in [0.25, 0.3) is 0 Å². The topological polar surface area (TPSA) is 101 Å². The summed E-state index contributed by atoms with van der Waals surface area (Å²) in [7, 11) is 0. The minimum atomic E-state index is -0.951. The van der Waals surface area contributed by atoms with E-state index in [-0.39, 0.29) is 5.56 Å². The predicted octanol–water partition coefficient (Wildman–Crippen LogP) is 2.54. The summed E-state index contributed by atoms with van der Waals surface area (Å²) in [6.07, 6.45) is 0. The number of rotatable bonds is 2. The Labute approximate surface area is 116 Å². The number of aromatic hydroxyl groups is 5. The standard InChI is InChI=1S/C15H16O5/c1-15(2,8-6-4-3-5-7-8)9-10(16)12(18)14(20)13(19)11(9)17/h3-7,16-20H,1-2H3. The SMILES string of the molecule is CC(C)(c1ccccc1)c1c(O)c(O)c(O)c(O)c1O. The molecule has 2 aromatic rings. The highest BCUT2D eigenvalue weighted by molar-refractivity contribution is 5.70. The van der Waals surface area contributed by atoms with Gasteiger partial charge in [-0.05, 0) is 5.56 Å². The molecule has 5 nitrogen and oxygen atoms in total. The van der Waals surface area contributed by atoms with Crippen LogP contribution in [-0.4, -0.2) is 25.5 Å². The highest BCUT2D eigenvalue weighted by atomic mass is 16.4. The molecule has 0 aliphatic carbocycles. The van der Waals surface area contributed by atoms with Gasteiger partial charge in [-0.2, -0.15) is 0 Å². The maximum Gasteiger partial charge on any atom is 0.208 e. The molecule has 0 amide bonds. The first-order valence-electron chi connectivity index (χ1n) is 6.03. The maximum atomic E-state index is 10.00. The molecule has 0 unspecified atom stereocenters. The molecule has 0 aliphatic rings. The fraction of sp³-hybridized carbons (Fsp3) is 0.200. The van der Waals surface area contributed by atoms with Gasteiger partial charge in [0.1, 0.15) is 0 Å². The third kappa shape index (κ3) is 1.87. The van der Waals surface area contributed by atoms with E-state index >= 15 is 0 Å². The molecule has 0 aliphatic heterocycles. The smallest absolute Gasteiger partial charge is 0.208 e. The van der Waals surface area contributed by atoms with Crippen LogP contribution in [0.1, 0.15) is 25.0 Å². The number of phenols is 5. The molecule has 0 atom stereocenters. The number of benzene rings is 2. The summed E-state index contributed by atoms with van der Waals surface area (Å²) in [6.45, 7) is 3.43. The van der Waals surface area contributed by atoms with Crippen molar-refractivity contribution in [1.82, 2.24) is 0 Å². The average molecular weight is 276 g/mol. The lowest BCUT2D eigenvalue weighted by Gasteiger charge is -2.28. The van der Waals surface area contributed by atoms with Crippen LogP contribution in [0.2, 0.25) is 0 Å². The van der Waals surface area contributed by atoms with Crippen molar-refractivity contribution in [3.63, 3.8) is 0 Å². The molecule has 0 saturated carbocycles. The molecule has 106 valence electrons. The van der Waals surface area contributed by atoms with Crippen LogP contribution in [0.5, 0.6) is 28.7 Å². The minimum absolute atomic E-state index is 0.0588. The van der Waals surface area contributed by atoms with Gasteiger partial charge in [0.05, 0.1) is 5.56 Å². The summed E-state index contributed by atoms with van der Waals surface area (Å²) in [5, 5.41) is 48.7. The Morgan fingerprint density at radius 3 is 1.50 bits per heavy atom. The molecule has 0 aromatic heterocycles. The van der Waals surface area contributed by atoms with Gasteiger partial charge in [0.2, 0.25) is 17.2 Å². The van der Waals surface area contributed by atoms with Crippen LogP contribution < -0.4 is 0 Å². The summed E-state index contributed by atoms with van der Waals surface area (Å²) in [5.74, 6) is -4.00. The van der Waals surface area contributed by atoms with E-state index < -0.39 is 34.2 Å². The lowest BCUT2D eigenvalue weighted by Crippen LogP contribution is -2.19. The molecule has 5 N–H and O–H groups in total. The van der Waals surface area contributed by atoms with Gasteiger partial charge in [0, 0.05) is 5.41 Å². The predicted molar refractivity (Wildman–Crippen MR) is 73.3 cm³/mol. The van der Waals surface area contributed by atoms with E-state index in [4.69, 9.17) is 0 Å². The minimum Gasteiger partial charge on any atom is -0.504 e. The maximum absolute atomic E-state index is 10.00. The van der Waals surface area contributed by atoms with Crippen molar-refractivity contribution in [1.29, 1.82) is 0 Å². The summed E-state index contributed by atoms with van der Waals surface area (Å²) in [4.78, 5) is 0. The lowest BCUT2D eigenvalue weighted by molar-refractivity contribution is 0.318. The van der Waals surface area contributed by atoms with E-state index in [1.807, 2.05) is 6.07 Å². The molecule has 0 radical (unpaired) electrons. The highest BCUT2D eigenvalue weighted by Crippen LogP contribution is 2.55. The third-order valence-electron chi connectivity index (χ3n) is 3.49. The lowest BCUT2D eigenvalue weighted by atomic mass is 9.77. The zero-order chi connectivity index (χ0) is 15.1. The van der Waals surface area contributed by atoms with Crippen LogP contribution in [0.15, 0.2) is 30.3 Å². The van der Waals surface area contributed by atoms with Crippen molar-refractivity contribution in [2.75, 3.05) is 0 Å². The van der Waals surface area contributed by atoms with E-state index in [0.717, 1.165) is 5.56 Å². The average Bonchev–Trinajstić information content (AvgIpc) is 2.44. The van der Waals surface area contributed by atoms with Crippen molar-refractivity contribution in [2.24, 2.45) is 0 Å². The second-order valence-electron chi connectivity index (χ2n) is 5.11. The van der Waals surface area contributed by atoms with Gasteiger partial charge >= 0.3 is 0 Å². The second-order valence-corrected chi connectivity index (χ2v) is 5.11. The molecule has 20 heavy (non-hydrogen) atoms. The quantitative estimate of drug-likeness (QED) is 0.428. The van der Waals surface area contributed by atoms with Gasteiger partial charge in [-0.15, -0.1) is 0 Å². The van der Waals surface area contributed by atoms with Crippen molar-refractivity contribution in [2.45, 2.75) is 19.3 Å². The van der Waals surface area contributed by atoms with E-state index in [2.05, 4.69) is 0 Å². The summed E-state index contributed by atoms with van der Waals surface area (Å²) >= 11 is 0. The molecule has 0 saturated heterocycles. The Morgan fingerprint density at radius 2 is 1.05 bits per heavy atom. The van der Waals surface area contributed by atoms with Gasteiger partial charge in [0.15, 0.2) is 11.5 Å². The van der Waals surface area contributed by atoms with Crippen LogP contribution >= 0.6 is 0 Å². The van der Waals surface area contributed by atoms with Gasteiger partial charge in [0.25, 0.3) is 0 Å². The zero-order valence-corrected chi connectivity index (χ0v) is 11.1. The first kappa shape index (κ1) is 13.9. The molecular weight excluding hydrogens is 260 g/mol. The molecule has 2 rings (SSSR count). The van der Waals surface area contributed by atoms with Crippen molar-refractivity contribution in [3.05, 3.63) is 41.5 Å². The van der Waals surface area contributed by atoms with Crippen LogP contribution in [0, 0.1) is 0 Å². The normalized spacial score (nSPS) is 11.5. The van der Waals surface area contributed by atoms with Crippen molar-refractivity contribution < 1.29 is 25.5 Å². The third-order valence-corrected chi connectivity index (χ3v) is 3.49. The van der Waals surface area contributed by atoms with E-state index in [9.17, 15) is 25.5 Å². The molecule has 0 fully saturated rings. The Balaban J connectivity index is 2.76. The molecular formula is C15H16O5. The van der Waals surface area contributed by atoms with E-state index in [1.165, 1.54) is 0 Å². The van der Waals surface area contributed by atoms with Gasteiger partial charge in [-0.3, -0.25) is 0 Å². The Hall–Kier alpha value is -2.56. The largest absolute Gasteiger partial charge is 0.504 e. The van der Waals surface area contributed by atoms with Gasteiger partial charge < -0.3 is 25.5 Å². The summed E-state index contributed by atoms with van der Waals surface area (Å²) in [6, 6.07) is 9.00. The fourth-order valence-electron chi connectivity index (χ4n) is 2.28. The molecule has 5 heteroatoms. The summed E-state index contributed by atoms with van der Waals surface area (Å²) in [5.41, 5.74) is -0.190. The van der Waals surface area contributed by atoms with Crippen LogP contribution in [-0.2, 0) is 5.41 Å². The first-order valence-corrected chi connectivity index (χ1v) is 6.03. The Morgan fingerprint density at radius 1 is 0.650 bits per heavy atom. The summed E-state index contributed by atoms with van der Waals surface area (Å²) < 4.78 is 0. The molecule has 2 aromatic carbocycles. The first-order chi connectivity index (χ1) is 9.28. The highest BCUT2D eigenvalue weighted by Gasteiger charge is 2.34. The van der Waals surface area contributed by atoms with Crippen LogP contribution in [0.3, 0.4) is 0 Å².